The van der Waals surface area contributed by atoms with Crippen LogP contribution in [-0.2, 0) is 4.79 Å². The minimum atomic E-state index is -1.10. The van der Waals surface area contributed by atoms with E-state index in [1.165, 1.54) is 11.3 Å². The molecule has 5 rings (SSSR count). The number of H-pyrrole nitrogens is 1. The van der Waals surface area contributed by atoms with Gasteiger partial charge in [-0.1, -0.05) is 0 Å². The van der Waals surface area contributed by atoms with Crippen LogP contribution in [-0.4, -0.2) is 59.3 Å². The molecule has 2 atom stereocenters. The number of hydrogen-bond acceptors (Lipinski definition) is 10. The molecule has 1 saturated heterocycles. The second kappa shape index (κ2) is 7.70. The third-order valence-electron chi connectivity index (χ3n) is 5.46. The van der Waals surface area contributed by atoms with Crippen molar-refractivity contribution in [1.82, 2.24) is 30.1 Å². The van der Waals surface area contributed by atoms with Crippen molar-refractivity contribution in [2.24, 2.45) is 0 Å². The van der Waals surface area contributed by atoms with Crippen molar-refractivity contribution in [1.29, 1.82) is 0 Å². The van der Waals surface area contributed by atoms with Gasteiger partial charge in [0.1, 0.15) is 5.54 Å². The molecular weight excluding hydrogens is 442 g/mol. The lowest BCUT2D eigenvalue weighted by molar-refractivity contribution is -0.120. The van der Waals surface area contributed by atoms with E-state index in [0.29, 0.717) is 16.9 Å². The number of rotatable bonds is 6. The fourth-order valence-electron chi connectivity index (χ4n) is 3.72. The lowest BCUT2D eigenvalue weighted by atomic mass is 9.97. The van der Waals surface area contributed by atoms with Crippen LogP contribution in [0.3, 0.4) is 0 Å². The normalized spacial score (nSPS) is 23.2. The third-order valence-corrected chi connectivity index (χ3v) is 6.31. The quantitative estimate of drug-likeness (QED) is 0.434. The predicted octanol–water partition coefficient (Wildman–Crippen LogP) is 2.29. The van der Waals surface area contributed by atoms with Crippen LogP contribution in [0.4, 0.5) is 22.8 Å². The van der Waals surface area contributed by atoms with Gasteiger partial charge in [-0.05, 0) is 31.4 Å². The molecule has 1 aliphatic carbocycles. The Morgan fingerprint density at radius 1 is 1.39 bits per heavy atom. The maximum Gasteiger partial charge on any atom is 0.251 e. The minimum absolute atomic E-state index is 0.0328. The van der Waals surface area contributed by atoms with Crippen molar-refractivity contribution in [2.45, 2.75) is 43.7 Å². The molecule has 2 aliphatic rings. The zero-order valence-electron chi connectivity index (χ0n) is 16.5. The Balaban J connectivity index is 1.41. The number of nitrogens with zero attached hydrogens (tertiary/aromatic N) is 6. The largest absolute Gasteiger partial charge is 0.391 e. The molecule has 31 heavy (non-hydrogen) atoms. The van der Waals surface area contributed by atoms with Gasteiger partial charge in [0.05, 0.1) is 6.10 Å². The van der Waals surface area contributed by atoms with E-state index in [1.54, 1.807) is 23.4 Å². The topological polar surface area (TPSA) is 145 Å². The highest BCUT2D eigenvalue weighted by Crippen LogP contribution is 2.40. The molecule has 3 aromatic rings. The van der Waals surface area contributed by atoms with Crippen LogP contribution in [0.5, 0.6) is 0 Å². The summed E-state index contributed by atoms with van der Waals surface area (Å²) in [6, 6.07) is 1.92. The van der Waals surface area contributed by atoms with Gasteiger partial charge in [-0.2, -0.15) is 20.1 Å². The number of amides is 1. The predicted molar refractivity (Wildman–Crippen MR) is 116 cm³/mol. The number of anilines is 4. The van der Waals surface area contributed by atoms with E-state index in [0.717, 1.165) is 18.5 Å². The highest BCUT2D eigenvalue weighted by Gasteiger charge is 2.49. The number of carbonyl (C=O) groups excluding carboxylic acids is 1. The van der Waals surface area contributed by atoms with Crippen molar-refractivity contribution in [3.05, 3.63) is 28.6 Å². The molecule has 2 fully saturated rings. The first-order valence-electron chi connectivity index (χ1n) is 9.81. The number of carbonyl (C=O) groups is 1. The minimum Gasteiger partial charge on any atom is -0.391 e. The number of aromatic nitrogens is 6. The summed E-state index contributed by atoms with van der Waals surface area (Å²) in [7, 11) is 0. The Bertz CT molecular complexity index is 1100. The van der Waals surface area contributed by atoms with Crippen LogP contribution in [0, 0.1) is 0 Å². The Morgan fingerprint density at radius 2 is 2.23 bits per heavy atom. The molecule has 1 aliphatic heterocycles. The summed E-state index contributed by atoms with van der Waals surface area (Å²) < 4.78 is 0. The van der Waals surface area contributed by atoms with Crippen molar-refractivity contribution in [3.63, 3.8) is 0 Å². The van der Waals surface area contributed by atoms with Crippen LogP contribution in [0.1, 0.15) is 37.8 Å². The zero-order valence-corrected chi connectivity index (χ0v) is 18.1. The number of aromatic amines is 1. The molecule has 13 heteroatoms. The number of thiazole rings is 1. The molecule has 1 amide bonds. The third kappa shape index (κ3) is 4.05. The van der Waals surface area contributed by atoms with Gasteiger partial charge in [0.25, 0.3) is 5.91 Å². The fraction of sp³-hybridized carbons (Fsp3) is 0.444. The summed E-state index contributed by atoms with van der Waals surface area (Å²) >= 11 is 7.47. The van der Waals surface area contributed by atoms with Gasteiger partial charge in [-0.3, -0.25) is 15.2 Å². The first-order chi connectivity index (χ1) is 14.9. The molecule has 2 unspecified atom stereocenters. The van der Waals surface area contributed by atoms with Crippen LogP contribution in [0.15, 0.2) is 17.6 Å². The summed E-state index contributed by atoms with van der Waals surface area (Å²) in [5.41, 5.74) is -0.0321. The summed E-state index contributed by atoms with van der Waals surface area (Å²) in [5, 5.41) is 25.6. The lowest BCUT2D eigenvalue weighted by Gasteiger charge is -2.33. The SMILES string of the molecule is CC1(C(=O)Nc2nccs2)CC(O)CN1c1nc(Cl)nc(Nc2cc(C3CC3)[nH]n2)n1. The number of hydrogen-bond donors (Lipinski definition) is 4. The van der Waals surface area contributed by atoms with Gasteiger partial charge in [-0.15, -0.1) is 11.3 Å². The van der Waals surface area contributed by atoms with E-state index >= 15 is 0 Å². The molecule has 0 spiro atoms. The van der Waals surface area contributed by atoms with Crippen LogP contribution >= 0.6 is 22.9 Å². The van der Waals surface area contributed by atoms with E-state index < -0.39 is 11.6 Å². The monoisotopic (exact) mass is 461 g/mol. The van der Waals surface area contributed by atoms with Crippen molar-refractivity contribution < 1.29 is 9.90 Å². The van der Waals surface area contributed by atoms with Crippen LogP contribution < -0.4 is 15.5 Å². The first-order valence-corrected chi connectivity index (χ1v) is 11.1. The molecule has 4 heterocycles. The Labute approximate surface area is 186 Å². The highest BCUT2D eigenvalue weighted by atomic mass is 35.5. The molecule has 0 radical (unpaired) electrons. The van der Waals surface area contributed by atoms with E-state index in [9.17, 15) is 9.90 Å². The maximum atomic E-state index is 13.1. The van der Waals surface area contributed by atoms with Crippen LogP contribution in [0.25, 0.3) is 0 Å². The van der Waals surface area contributed by atoms with Gasteiger partial charge in [0, 0.05) is 42.2 Å². The molecule has 3 aromatic heterocycles. The fourth-order valence-corrected chi connectivity index (χ4v) is 4.39. The van der Waals surface area contributed by atoms with E-state index in [-0.39, 0.29) is 36.1 Å². The van der Waals surface area contributed by atoms with Crippen molar-refractivity contribution >= 4 is 51.7 Å². The molecule has 0 aromatic carbocycles. The summed E-state index contributed by atoms with van der Waals surface area (Å²) in [6.07, 6.45) is 3.40. The first kappa shape index (κ1) is 20.1. The Kier molecular flexibility index (Phi) is 4.99. The van der Waals surface area contributed by atoms with Crippen molar-refractivity contribution in [3.8, 4) is 0 Å². The molecule has 11 nitrogen and oxygen atoms in total. The second-order valence-corrected chi connectivity index (χ2v) is 9.10. The van der Waals surface area contributed by atoms with Gasteiger partial charge in [0.15, 0.2) is 10.9 Å². The molecule has 4 N–H and O–H groups in total. The summed E-state index contributed by atoms with van der Waals surface area (Å²) in [6.45, 7) is 1.91. The average molecular weight is 462 g/mol. The standard InChI is InChI=1S/C18H20ClN9O2S/c1-18(13(30)22-17-20-4-5-31-17)7-10(29)8-28(18)16-24-14(19)23-15(25-16)21-12-6-11(26-27-12)9-2-3-9/h4-6,9-10,29H,2-3,7-8H2,1H3,(H,20,22,30)(H2,21,23,24,25,26,27). The van der Waals surface area contributed by atoms with Crippen molar-refractivity contribution in [2.75, 3.05) is 22.1 Å². The Hall–Kier alpha value is -2.83. The number of aliphatic hydroxyl groups excluding tert-OH is 1. The van der Waals surface area contributed by atoms with Gasteiger partial charge >= 0.3 is 0 Å². The average Bonchev–Trinajstić information content (AvgIpc) is 3.09. The van der Waals surface area contributed by atoms with Gasteiger partial charge in [-0.25, -0.2) is 4.98 Å². The lowest BCUT2D eigenvalue weighted by Crippen LogP contribution is -2.51. The highest BCUT2D eigenvalue weighted by molar-refractivity contribution is 7.13. The molecule has 0 bridgehead atoms. The zero-order chi connectivity index (χ0) is 21.6. The smallest absolute Gasteiger partial charge is 0.251 e. The summed E-state index contributed by atoms with van der Waals surface area (Å²) in [5.74, 6) is 1.18. The maximum absolute atomic E-state index is 13.1. The van der Waals surface area contributed by atoms with Gasteiger partial charge in [0.2, 0.25) is 17.2 Å². The molecule has 162 valence electrons. The Morgan fingerprint density at radius 3 is 2.97 bits per heavy atom. The van der Waals surface area contributed by atoms with Crippen LogP contribution in [0.2, 0.25) is 5.28 Å². The number of aliphatic hydroxyl groups is 1. The second-order valence-electron chi connectivity index (χ2n) is 7.87. The van der Waals surface area contributed by atoms with E-state index in [1.807, 2.05) is 6.07 Å². The number of β-amino-alcohol motifs (C(OH)–C–C–N with tert-alkyl or cyclic N) is 1. The van der Waals surface area contributed by atoms with Gasteiger partial charge < -0.3 is 15.3 Å². The van der Waals surface area contributed by atoms with E-state index in [2.05, 4.69) is 40.8 Å². The number of nitrogens with one attached hydrogen (secondary N) is 3. The molecular formula is C18H20ClN9O2S. The molecule has 1 saturated carbocycles. The number of halogens is 1. The summed E-state index contributed by atoms with van der Waals surface area (Å²) in [4.78, 5) is 31.6. The van der Waals surface area contributed by atoms with E-state index in [4.69, 9.17) is 11.6 Å².